The first-order valence-electron chi connectivity index (χ1n) is 9.20. The molecule has 0 spiro atoms. The van der Waals surface area contributed by atoms with Crippen LogP contribution in [-0.2, 0) is 17.7 Å². The van der Waals surface area contributed by atoms with Crippen molar-refractivity contribution in [1.82, 2.24) is 20.4 Å². The highest BCUT2D eigenvalue weighted by atomic mass is 16.5. The smallest absolute Gasteiger partial charge is 0.272 e. The molecular formula is C20H26N4O3. The Kier molecular flexibility index (Phi) is 5.91. The second-order valence-electron chi connectivity index (χ2n) is 6.98. The number of aryl methyl sites for hydroxylation is 2. The molecule has 2 amide bonds. The molecule has 0 unspecified atom stereocenters. The minimum absolute atomic E-state index is 0.0138. The summed E-state index contributed by atoms with van der Waals surface area (Å²) >= 11 is 0. The van der Waals surface area contributed by atoms with Gasteiger partial charge in [-0.25, -0.2) is 0 Å². The third-order valence-electron chi connectivity index (χ3n) is 4.72. The minimum atomic E-state index is -0.218. The number of hydrogen-bond donors (Lipinski definition) is 2. The molecule has 1 aromatic heterocycles. The van der Waals surface area contributed by atoms with Crippen LogP contribution in [0.4, 0.5) is 0 Å². The van der Waals surface area contributed by atoms with Crippen LogP contribution in [0.25, 0.3) is 0 Å². The quantitative estimate of drug-likeness (QED) is 0.762. The molecule has 2 aromatic rings. The summed E-state index contributed by atoms with van der Waals surface area (Å²) in [4.78, 5) is 27.2. The number of hydrogen-bond acceptors (Lipinski definition) is 4. The number of aromatic nitrogens is 2. The Labute approximate surface area is 159 Å². The molecule has 0 saturated carbocycles. The van der Waals surface area contributed by atoms with Gasteiger partial charge in [0.15, 0.2) is 5.69 Å². The summed E-state index contributed by atoms with van der Waals surface area (Å²) in [7, 11) is 1.63. The Morgan fingerprint density at radius 2 is 2.00 bits per heavy atom. The first-order valence-corrected chi connectivity index (χ1v) is 9.20. The fourth-order valence-electron chi connectivity index (χ4n) is 3.44. The van der Waals surface area contributed by atoms with E-state index in [0.717, 1.165) is 28.8 Å². The van der Waals surface area contributed by atoms with Crippen molar-refractivity contribution in [2.75, 3.05) is 26.8 Å². The lowest BCUT2D eigenvalue weighted by Gasteiger charge is -2.27. The first kappa shape index (κ1) is 19.1. The predicted molar refractivity (Wildman–Crippen MR) is 102 cm³/mol. The topological polar surface area (TPSA) is 87.3 Å². The van der Waals surface area contributed by atoms with Gasteiger partial charge < -0.3 is 15.0 Å². The molecule has 7 nitrogen and oxygen atoms in total. The number of H-pyrrole nitrogens is 1. The number of nitrogens with one attached hydrogen (secondary N) is 2. The van der Waals surface area contributed by atoms with Crippen molar-refractivity contribution in [3.05, 3.63) is 51.8 Å². The highest BCUT2D eigenvalue weighted by Gasteiger charge is 2.28. The van der Waals surface area contributed by atoms with Crippen molar-refractivity contribution in [1.29, 1.82) is 0 Å². The zero-order valence-electron chi connectivity index (χ0n) is 16.1. The van der Waals surface area contributed by atoms with Crippen LogP contribution < -0.4 is 5.32 Å². The molecular weight excluding hydrogens is 344 g/mol. The first-order chi connectivity index (χ1) is 13.0. The zero-order chi connectivity index (χ0) is 19.4. The predicted octanol–water partition coefficient (Wildman–Crippen LogP) is 1.99. The van der Waals surface area contributed by atoms with E-state index < -0.39 is 0 Å². The van der Waals surface area contributed by atoms with Crippen LogP contribution in [0.3, 0.4) is 0 Å². The molecule has 0 fully saturated rings. The van der Waals surface area contributed by atoms with E-state index in [-0.39, 0.29) is 11.8 Å². The van der Waals surface area contributed by atoms with Gasteiger partial charge in [-0.1, -0.05) is 17.2 Å². The van der Waals surface area contributed by atoms with Crippen molar-refractivity contribution in [2.45, 2.75) is 33.2 Å². The lowest BCUT2D eigenvalue weighted by atomic mass is 10.0. The molecule has 0 atom stereocenters. The number of aromatic amines is 1. The van der Waals surface area contributed by atoms with Gasteiger partial charge in [0.25, 0.3) is 11.8 Å². The van der Waals surface area contributed by atoms with Gasteiger partial charge in [-0.3, -0.25) is 14.7 Å². The van der Waals surface area contributed by atoms with Crippen LogP contribution in [0.5, 0.6) is 0 Å². The summed E-state index contributed by atoms with van der Waals surface area (Å²) in [5.41, 5.74) is 4.93. The van der Waals surface area contributed by atoms with Gasteiger partial charge >= 0.3 is 0 Å². The number of ether oxygens (including phenoxy) is 1. The van der Waals surface area contributed by atoms with Crippen molar-refractivity contribution in [3.8, 4) is 0 Å². The van der Waals surface area contributed by atoms with Crippen molar-refractivity contribution in [3.63, 3.8) is 0 Å². The van der Waals surface area contributed by atoms with Crippen molar-refractivity contribution < 1.29 is 14.3 Å². The Hall–Kier alpha value is -2.67. The molecule has 1 aromatic carbocycles. The molecule has 2 N–H and O–H groups in total. The van der Waals surface area contributed by atoms with E-state index >= 15 is 0 Å². The number of nitrogens with zero attached hydrogens (tertiary/aromatic N) is 2. The van der Waals surface area contributed by atoms with Crippen LogP contribution in [0.1, 0.15) is 49.7 Å². The number of carbonyl (C=O) groups is 2. The maximum atomic E-state index is 12.9. The van der Waals surface area contributed by atoms with Crippen LogP contribution in [0, 0.1) is 13.8 Å². The zero-order valence-corrected chi connectivity index (χ0v) is 16.1. The Bertz CT molecular complexity index is 823. The molecule has 0 radical (unpaired) electrons. The molecule has 0 saturated heterocycles. The normalized spacial score (nSPS) is 13.4. The molecule has 1 aliphatic heterocycles. The number of benzene rings is 1. The highest BCUT2D eigenvalue weighted by Crippen LogP contribution is 2.22. The number of amides is 2. The summed E-state index contributed by atoms with van der Waals surface area (Å²) in [6, 6.07) is 5.86. The van der Waals surface area contributed by atoms with E-state index in [4.69, 9.17) is 4.74 Å². The molecule has 7 heteroatoms. The number of carbonyl (C=O) groups excluding carboxylic acids is 2. The summed E-state index contributed by atoms with van der Waals surface area (Å²) in [5, 5.41) is 9.99. The largest absolute Gasteiger partial charge is 0.385 e. The van der Waals surface area contributed by atoms with E-state index in [1.807, 2.05) is 32.0 Å². The number of methoxy groups -OCH3 is 1. The van der Waals surface area contributed by atoms with Gasteiger partial charge in [0.05, 0.1) is 6.54 Å². The maximum Gasteiger partial charge on any atom is 0.272 e. The van der Waals surface area contributed by atoms with Gasteiger partial charge in [-0.15, -0.1) is 0 Å². The van der Waals surface area contributed by atoms with E-state index in [1.54, 1.807) is 12.0 Å². The molecule has 27 heavy (non-hydrogen) atoms. The minimum Gasteiger partial charge on any atom is -0.385 e. The molecule has 2 heterocycles. The van der Waals surface area contributed by atoms with E-state index in [9.17, 15) is 9.59 Å². The maximum absolute atomic E-state index is 12.9. The van der Waals surface area contributed by atoms with E-state index in [2.05, 4.69) is 15.5 Å². The molecule has 1 aliphatic rings. The van der Waals surface area contributed by atoms with Gasteiger partial charge in [-0.05, 0) is 32.4 Å². The molecule has 0 aliphatic carbocycles. The van der Waals surface area contributed by atoms with Crippen molar-refractivity contribution in [2.24, 2.45) is 0 Å². The lowest BCUT2D eigenvalue weighted by molar-refractivity contribution is 0.0731. The van der Waals surface area contributed by atoms with Crippen LogP contribution in [0.2, 0.25) is 0 Å². The summed E-state index contributed by atoms with van der Waals surface area (Å²) < 4.78 is 4.99. The second kappa shape index (κ2) is 8.35. The summed E-state index contributed by atoms with van der Waals surface area (Å²) in [6.45, 7) is 6.09. The fourth-order valence-corrected chi connectivity index (χ4v) is 3.44. The van der Waals surface area contributed by atoms with Crippen LogP contribution in [0.15, 0.2) is 18.2 Å². The van der Waals surface area contributed by atoms with Gasteiger partial charge in [-0.2, -0.15) is 5.10 Å². The second-order valence-corrected chi connectivity index (χ2v) is 6.98. The Balaban J connectivity index is 1.72. The van der Waals surface area contributed by atoms with Gasteiger partial charge in [0.1, 0.15) is 0 Å². The molecule has 144 valence electrons. The number of rotatable bonds is 6. The average molecular weight is 370 g/mol. The van der Waals surface area contributed by atoms with Gasteiger partial charge in [0.2, 0.25) is 0 Å². The number of fused-ring (bicyclic) bond motifs is 1. The molecule has 3 rings (SSSR count). The summed E-state index contributed by atoms with van der Waals surface area (Å²) in [5.74, 6) is -0.232. The Morgan fingerprint density at radius 1 is 1.26 bits per heavy atom. The monoisotopic (exact) mass is 370 g/mol. The third kappa shape index (κ3) is 4.36. The standard InChI is InChI=1S/C20H26N4O3/c1-13-9-14(2)11-15(10-13)20(26)24-7-5-17-16(12-24)18(23-22-17)19(25)21-6-4-8-27-3/h9-11H,4-8,12H2,1-3H3,(H,21,25)(H,22,23). The fraction of sp³-hybridized carbons (Fsp3) is 0.450. The van der Waals surface area contributed by atoms with Gasteiger partial charge in [0, 0.05) is 50.0 Å². The van der Waals surface area contributed by atoms with Crippen molar-refractivity contribution >= 4 is 11.8 Å². The SMILES string of the molecule is COCCCNC(=O)c1n[nH]c2c1CN(C(=O)c1cc(C)cc(C)c1)CC2. The van der Waals surface area contributed by atoms with Crippen LogP contribution >= 0.6 is 0 Å². The van der Waals surface area contributed by atoms with E-state index in [1.165, 1.54) is 0 Å². The lowest BCUT2D eigenvalue weighted by Crippen LogP contribution is -2.37. The summed E-state index contributed by atoms with van der Waals surface area (Å²) in [6.07, 6.45) is 1.40. The Morgan fingerprint density at radius 3 is 2.70 bits per heavy atom. The average Bonchev–Trinajstić information content (AvgIpc) is 3.07. The van der Waals surface area contributed by atoms with Crippen LogP contribution in [-0.4, -0.2) is 53.7 Å². The third-order valence-corrected chi connectivity index (χ3v) is 4.72. The highest BCUT2D eigenvalue weighted by molar-refractivity contribution is 5.96. The van der Waals surface area contributed by atoms with E-state index in [0.29, 0.717) is 43.9 Å². The molecule has 0 bridgehead atoms.